The quantitative estimate of drug-likeness (QED) is 0.260. The van der Waals surface area contributed by atoms with E-state index in [-0.39, 0.29) is 35.5 Å². The van der Waals surface area contributed by atoms with E-state index < -0.39 is 0 Å². The zero-order chi connectivity index (χ0) is 21.1. The number of nitrogens with one attached hydrogen (secondary N) is 2. The molecular formula is C23H36N4O3. The molecule has 2 amide bonds. The molecule has 5 atom stereocenters. The van der Waals surface area contributed by atoms with E-state index in [0.717, 1.165) is 26.0 Å². The van der Waals surface area contributed by atoms with E-state index in [0.29, 0.717) is 31.1 Å². The Morgan fingerprint density at radius 3 is 2.37 bits per heavy atom. The summed E-state index contributed by atoms with van der Waals surface area (Å²) in [6, 6.07) is 0. The van der Waals surface area contributed by atoms with Crippen molar-refractivity contribution in [3.05, 3.63) is 12.2 Å². The SMILES string of the molecule is CCOC(CCNC(=NC)NCCN1C(=O)C2C3C=CC(C3)C2C1=O)C1CCCC1. The molecule has 4 aliphatic rings. The maximum absolute atomic E-state index is 12.8. The van der Waals surface area contributed by atoms with Gasteiger partial charge in [-0.3, -0.25) is 19.5 Å². The van der Waals surface area contributed by atoms with Gasteiger partial charge in [0.25, 0.3) is 0 Å². The van der Waals surface area contributed by atoms with Gasteiger partial charge in [-0.05, 0) is 50.4 Å². The van der Waals surface area contributed by atoms with Gasteiger partial charge in [-0.2, -0.15) is 0 Å². The Kier molecular flexibility index (Phi) is 6.76. The van der Waals surface area contributed by atoms with Gasteiger partial charge in [0.05, 0.1) is 17.9 Å². The van der Waals surface area contributed by atoms with Gasteiger partial charge in [0, 0.05) is 33.3 Å². The number of rotatable bonds is 9. The lowest BCUT2D eigenvalue weighted by atomic mass is 9.85. The molecule has 0 aromatic rings. The number of guanidine groups is 1. The third kappa shape index (κ3) is 4.13. The van der Waals surface area contributed by atoms with E-state index >= 15 is 0 Å². The molecule has 5 unspecified atom stereocenters. The topological polar surface area (TPSA) is 83.0 Å². The summed E-state index contributed by atoms with van der Waals surface area (Å²) < 4.78 is 5.99. The summed E-state index contributed by atoms with van der Waals surface area (Å²) in [4.78, 5) is 31.2. The van der Waals surface area contributed by atoms with Crippen LogP contribution in [0.3, 0.4) is 0 Å². The number of allylic oxidation sites excluding steroid dienone is 2. The van der Waals surface area contributed by atoms with Gasteiger partial charge in [0.1, 0.15) is 0 Å². The Morgan fingerprint density at radius 1 is 1.13 bits per heavy atom. The number of hydrogen-bond donors (Lipinski definition) is 2. The fourth-order valence-electron chi connectivity index (χ4n) is 6.02. The number of likely N-dealkylation sites (tertiary alicyclic amines) is 1. The van der Waals surface area contributed by atoms with Gasteiger partial charge in [-0.15, -0.1) is 0 Å². The third-order valence-corrected chi connectivity index (χ3v) is 7.44. The Bertz CT molecular complexity index is 671. The Hall–Kier alpha value is -1.89. The molecule has 30 heavy (non-hydrogen) atoms. The van der Waals surface area contributed by atoms with Crippen LogP contribution in [0.5, 0.6) is 0 Å². The molecule has 0 aromatic carbocycles. The minimum atomic E-state index is -0.115. The van der Waals surface area contributed by atoms with Gasteiger partial charge in [-0.1, -0.05) is 25.0 Å². The van der Waals surface area contributed by atoms with Crippen LogP contribution in [0.25, 0.3) is 0 Å². The number of fused-ring (bicyclic) bond motifs is 5. The second kappa shape index (κ2) is 9.50. The Balaban J connectivity index is 1.20. The van der Waals surface area contributed by atoms with Crippen LogP contribution < -0.4 is 10.6 Å². The van der Waals surface area contributed by atoms with Crippen LogP contribution in [0.4, 0.5) is 0 Å². The van der Waals surface area contributed by atoms with Crippen molar-refractivity contribution in [3.63, 3.8) is 0 Å². The van der Waals surface area contributed by atoms with E-state index in [1.807, 2.05) is 0 Å². The van der Waals surface area contributed by atoms with Gasteiger partial charge in [0.15, 0.2) is 5.96 Å². The Labute approximate surface area is 179 Å². The highest BCUT2D eigenvalue weighted by atomic mass is 16.5. The standard InChI is InChI=1S/C23H36N4O3/c1-3-30-18(15-6-4-5-7-15)10-11-25-23(24-2)26-12-13-27-21(28)19-16-8-9-17(14-16)20(19)22(27)29/h8-9,15-20H,3-7,10-14H2,1-2H3,(H2,24,25,26). The molecule has 0 spiro atoms. The largest absolute Gasteiger partial charge is 0.378 e. The highest BCUT2D eigenvalue weighted by Crippen LogP contribution is 2.52. The summed E-state index contributed by atoms with van der Waals surface area (Å²) in [5.74, 6) is 1.72. The third-order valence-electron chi connectivity index (χ3n) is 7.44. The molecule has 4 rings (SSSR count). The molecule has 7 nitrogen and oxygen atoms in total. The molecule has 1 aliphatic heterocycles. The van der Waals surface area contributed by atoms with E-state index in [9.17, 15) is 9.59 Å². The first-order valence-electron chi connectivity index (χ1n) is 11.7. The molecule has 166 valence electrons. The van der Waals surface area contributed by atoms with Gasteiger partial charge < -0.3 is 15.4 Å². The lowest BCUT2D eigenvalue weighted by molar-refractivity contribution is -0.140. The average molecular weight is 417 g/mol. The maximum Gasteiger partial charge on any atom is 0.233 e. The van der Waals surface area contributed by atoms with Crippen molar-refractivity contribution < 1.29 is 14.3 Å². The molecule has 3 fully saturated rings. The highest BCUT2D eigenvalue weighted by Gasteiger charge is 2.58. The highest BCUT2D eigenvalue weighted by molar-refractivity contribution is 6.06. The molecule has 7 heteroatoms. The summed E-state index contributed by atoms with van der Waals surface area (Å²) in [6.07, 6.45) is 11.7. The molecule has 2 saturated carbocycles. The van der Waals surface area contributed by atoms with Crippen molar-refractivity contribution in [2.24, 2.45) is 34.6 Å². The van der Waals surface area contributed by atoms with E-state index in [2.05, 4.69) is 34.7 Å². The number of imide groups is 1. The number of carbonyl (C=O) groups excluding carboxylic acids is 2. The van der Waals surface area contributed by atoms with Crippen LogP contribution in [0, 0.1) is 29.6 Å². The Morgan fingerprint density at radius 2 is 1.77 bits per heavy atom. The number of nitrogens with zero attached hydrogens (tertiary/aromatic N) is 2. The summed E-state index contributed by atoms with van der Waals surface area (Å²) in [6.45, 7) is 4.52. The first kappa shape index (κ1) is 21.3. The summed E-state index contributed by atoms with van der Waals surface area (Å²) in [5.41, 5.74) is 0. The summed E-state index contributed by atoms with van der Waals surface area (Å²) in [7, 11) is 1.74. The van der Waals surface area contributed by atoms with Gasteiger partial charge in [-0.25, -0.2) is 0 Å². The minimum absolute atomic E-state index is 0.0164. The second-order valence-electron chi connectivity index (χ2n) is 9.08. The van der Waals surface area contributed by atoms with Crippen molar-refractivity contribution in [2.45, 2.75) is 51.6 Å². The lowest BCUT2D eigenvalue weighted by Gasteiger charge is -2.24. The first-order valence-corrected chi connectivity index (χ1v) is 11.7. The van der Waals surface area contributed by atoms with E-state index in [4.69, 9.17) is 4.74 Å². The van der Waals surface area contributed by atoms with Crippen molar-refractivity contribution >= 4 is 17.8 Å². The van der Waals surface area contributed by atoms with Crippen LogP contribution in [0.15, 0.2) is 17.1 Å². The molecular weight excluding hydrogens is 380 g/mol. The van der Waals surface area contributed by atoms with Crippen molar-refractivity contribution in [1.82, 2.24) is 15.5 Å². The fourth-order valence-corrected chi connectivity index (χ4v) is 6.02. The molecule has 3 aliphatic carbocycles. The minimum Gasteiger partial charge on any atom is -0.378 e. The van der Waals surface area contributed by atoms with Crippen LogP contribution in [0.1, 0.15) is 45.4 Å². The summed E-state index contributed by atoms with van der Waals surface area (Å²) in [5, 5.41) is 6.61. The molecule has 2 N–H and O–H groups in total. The normalized spacial score (nSPS) is 31.7. The van der Waals surface area contributed by atoms with Crippen LogP contribution in [-0.4, -0.2) is 62.1 Å². The molecule has 1 heterocycles. The first-order chi connectivity index (χ1) is 14.6. The van der Waals surface area contributed by atoms with Crippen molar-refractivity contribution in [1.29, 1.82) is 0 Å². The van der Waals surface area contributed by atoms with Crippen LogP contribution >= 0.6 is 0 Å². The van der Waals surface area contributed by atoms with Crippen LogP contribution in [-0.2, 0) is 14.3 Å². The predicted octanol–water partition coefficient (Wildman–Crippen LogP) is 1.94. The number of carbonyl (C=O) groups is 2. The van der Waals surface area contributed by atoms with Crippen LogP contribution in [0.2, 0.25) is 0 Å². The maximum atomic E-state index is 12.8. The van der Waals surface area contributed by atoms with Crippen molar-refractivity contribution in [2.75, 3.05) is 33.3 Å². The number of aliphatic imine (C=N–C) groups is 1. The smallest absolute Gasteiger partial charge is 0.233 e. The zero-order valence-corrected chi connectivity index (χ0v) is 18.3. The predicted molar refractivity (Wildman–Crippen MR) is 116 cm³/mol. The number of amides is 2. The summed E-state index contributed by atoms with van der Waals surface area (Å²) >= 11 is 0. The van der Waals surface area contributed by atoms with Crippen molar-refractivity contribution in [3.8, 4) is 0 Å². The molecule has 2 bridgehead atoms. The monoisotopic (exact) mass is 416 g/mol. The van der Waals surface area contributed by atoms with Gasteiger partial charge in [0.2, 0.25) is 11.8 Å². The molecule has 0 radical (unpaired) electrons. The lowest BCUT2D eigenvalue weighted by Crippen LogP contribution is -2.44. The molecule has 0 aromatic heterocycles. The zero-order valence-electron chi connectivity index (χ0n) is 18.3. The van der Waals surface area contributed by atoms with E-state index in [1.54, 1.807) is 7.05 Å². The second-order valence-corrected chi connectivity index (χ2v) is 9.08. The number of ether oxygens (including phenoxy) is 1. The van der Waals surface area contributed by atoms with Gasteiger partial charge >= 0.3 is 0 Å². The van der Waals surface area contributed by atoms with E-state index in [1.165, 1.54) is 30.6 Å². The average Bonchev–Trinajstić information content (AvgIpc) is 3.53. The fraction of sp³-hybridized carbons (Fsp3) is 0.783. The molecule has 1 saturated heterocycles. The number of hydrogen-bond acceptors (Lipinski definition) is 4.